The summed E-state index contributed by atoms with van der Waals surface area (Å²) in [6.45, 7) is 2.31. The fraction of sp³-hybridized carbons (Fsp3) is 0.320. The van der Waals surface area contributed by atoms with Gasteiger partial charge in [-0.3, -0.25) is 9.48 Å². The van der Waals surface area contributed by atoms with E-state index in [1.54, 1.807) is 9.80 Å². The molecule has 1 fully saturated rings. The van der Waals surface area contributed by atoms with Gasteiger partial charge in [0, 0.05) is 44.1 Å². The van der Waals surface area contributed by atoms with Crippen molar-refractivity contribution in [2.45, 2.75) is 25.9 Å². The Bertz CT molecular complexity index is 1030. The Morgan fingerprint density at radius 3 is 2.53 bits per heavy atom. The summed E-state index contributed by atoms with van der Waals surface area (Å²) in [4.78, 5) is 29.2. The number of benzene rings is 2. The number of piperidine rings is 1. The smallest absolute Gasteiger partial charge is 0.321 e. The number of carbonyl (C=O) groups is 2. The van der Waals surface area contributed by atoms with Crippen LogP contribution in [0.2, 0.25) is 0 Å². The maximum Gasteiger partial charge on any atom is 0.321 e. The molecule has 3 amide bonds. The molecule has 0 bridgehead atoms. The lowest BCUT2D eigenvalue weighted by molar-refractivity contribution is -0.136. The standard InChI is InChI=1S/C25H29N5O2/c1-28(16-21-15-26-30(18-21)17-20-9-4-2-5-10-20)24(31)22-11-8-14-29(19-22)25(32)27-23-12-6-3-7-13-23/h2-7,9-10,12-13,15,18,22H,8,11,14,16-17,19H2,1H3,(H,27,32)/t22-/m1/s1. The minimum Gasteiger partial charge on any atom is -0.341 e. The first-order valence-corrected chi connectivity index (χ1v) is 11.0. The van der Waals surface area contributed by atoms with Gasteiger partial charge in [-0.1, -0.05) is 48.5 Å². The monoisotopic (exact) mass is 431 g/mol. The molecule has 0 saturated carbocycles. The largest absolute Gasteiger partial charge is 0.341 e. The Hall–Kier alpha value is -3.61. The predicted octanol–water partition coefficient (Wildman–Crippen LogP) is 3.83. The molecular weight excluding hydrogens is 402 g/mol. The number of hydrogen-bond acceptors (Lipinski definition) is 3. The van der Waals surface area contributed by atoms with E-state index in [0.717, 1.165) is 24.1 Å². The topological polar surface area (TPSA) is 70.5 Å². The van der Waals surface area contributed by atoms with Crippen LogP contribution in [-0.2, 0) is 17.9 Å². The number of likely N-dealkylation sites (tertiary alicyclic amines) is 1. The quantitative estimate of drug-likeness (QED) is 0.645. The summed E-state index contributed by atoms with van der Waals surface area (Å²) in [6.07, 6.45) is 5.41. The van der Waals surface area contributed by atoms with E-state index >= 15 is 0 Å². The number of rotatable bonds is 6. The maximum atomic E-state index is 13.1. The van der Waals surface area contributed by atoms with Gasteiger partial charge in [-0.25, -0.2) is 4.79 Å². The van der Waals surface area contributed by atoms with Gasteiger partial charge in [0.05, 0.1) is 18.7 Å². The van der Waals surface area contributed by atoms with Crippen LogP contribution in [0.3, 0.4) is 0 Å². The Balaban J connectivity index is 1.31. The van der Waals surface area contributed by atoms with Crippen LogP contribution < -0.4 is 5.32 Å². The summed E-state index contributed by atoms with van der Waals surface area (Å²) in [5.41, 5.74) is 2.93. The molecule has 1 saturated heterocycles. The Kier molecular flexibility index (Phi) is 6.84. The molecule has 7 heteroatoms. The van der Waals surface area contributed by atoms with Crippen LogP contribution in [0, 0.1) is 5.92 Å². The first kappa shape index (κ1) is 21.6. The molecule has 7 nitrogen and oxygen atoms in total. The maximum absolute atomic E-state index is 13.1. The van der Waals surface area contributed by atoms with E-state index in [9.17, 15) is 9.59 Å². The van der Waals surface area contributed by atoms with E-state index in [2.05, 4.69) is 22.5 Å². The zero-order valence-electron chi connectivity index (χ0n) is 18.4. The van der Waals surface area contributed by atoms with Gasteiger partial charge in [0.1, 0.15) is 0 Å². The third kappa shape index (κ3) is 5.55. The predicted molar refractivity (Wildman–Crippen MR) is 124 cm³/mol. The number of nitrogens with zero attached hydrogens (tertiary/aromatic N) is 4. The molecule has 32 heavy (non-hydrogen) atoms. The van der Waals surface area contributed by atoms with Crippen molar-refractivity contribution >= 4 is 17.6 Å². The second-order valence-electron chi connectivity index (χ2n) is 8.31. The van der Waals surface area contributed by atoms with Crippen LogP contribution in [0.15, 0.2) is 73.1 Å². The second kappa shape index (κ2) is 10.1. The number of para-hydroxylation sites is 1. The molecule has 1 N–H and O–H groups in total. The van der Waals surface area contributed by atoms with Crippen LogP contribution in [0.5, 0.6) is 0 Å². The summed E-state index contributed by atoms with van der Waals surface area (Å²) in [5.74, 6) is -0.118. The molecule has 1 aromatic heterocycles. The van der Waals surface area contributed by atoms with Crippen molar-refractivity contribution < 1.29 is 9.59 Å². The van der Waals surface area contributed by atoms with E-state index in [0.29, 0.717) is 26.2 Å². The zero-order valence-corrected chi connectivity index (χ0v) is 18.4. The van der Waals surface area contributed by atoms with Crippen molar-refractivity contribution in [3.8, 4) is 0 Å². The van der Waals surface area contributed by atoms with Crippen LogP contribution in [-0.4, -0.2) is 51.7 Å². The molecule has 0 radical (unpaired) electrons. The molecule has 1 aliphatic rings. The Labute approximate surface area is 188 Å². The summed E-state index contributed by atoms with van der Waals surface area (Å²) in [6, 6.07) is 19.4. The Morgan fingerprint density at radius 1 is 1.06 bits per heavy atom. The SMILES string of the molecule is CN(Cc1cnn(Cc2ccccc2)c1)C(=O)[C@@H]1CCCN(C(=O)Nc2ccccc2)C1. The van der Waals surface area contributed by atoms with Crippen LogP contribution >= 0.6 is 0 Å². The average Bonchev–Trinajstić information content (AvgIpc) is 3.26. The summed E-state index contributed by atoms with van der Waals surface area (Å²) >= 11 is 0. The number of anilines is 1. The number of carbonyl (C=O) groups excluding carboxylic acids is 2. The molecule has 4 rings (SSSR count). The minimum absolute atomic E-state index is 0.0676. The molecule has 0 unspecified atom stereocenters. The lowest BCUT2D eigenvalue weighted by atomic mass is 9.96. The van der Waals surface area contributed by atoms with Crippen LogP contribution in [0.1, 0.15) is 24.0 Å². The molecule has 166 valence electrons. The van der Waals surface area contributed by atoms with E-state index in [1.165, 1.54) is 5.56 Å². The van der Waals surface area contributed by atoms with Gasteiger partial charge >= 0.3 is 6.03 Å². The fourth-order valence-electron chi connectivity index (χ4n) is 4.10. The summed E-state index contributed by atoms with van der Waals surface area (Å²) in [5, 5.41) is 7.34. The fourth-order valence-corrected chi connectivity index (χ4v) is 4.10. The van der Waals surface area contributed by atoms with Crippen molar-refractivity contribution in [2.75, 3.05) is 25.5 Å². The molecule has 0 aliphatic carbocycles. The van der Waals surface area contributed by atoms with E-state index < -0.39 is 0 Å². The average molecular weight is 432 g/mol. The van der Waals surface area contributed by atoms with Crippen molar-refractivity contribution in [1.82, 2.24) is 19.6 Å². The van der Waals surface area contributed by atoms with Crippen molar-refractivity contribution in [3.05, 3.63) is 84.2 Å². The van der Waals surface area contributed by atoms with Gasteiger partial charge in [0.15, 0.2) is 0 Å². The lowest BCUT2D eigenvalue weighted by Crippen LogP contribution is -2.47. The first-order chi connectivity index (χ1) is 15.6. The van der Waals surface area contributed by atoms with Gasteiger partial charge in [-0.2, -0.15) is 5.10 Å². The minimum atomic E-state index is -0.186. The molecular formula is C25H29N5O2. The van der Waals surface area contributed by atoms with E-state index in [-0.39, 0.29) is 17.9 Å². The van der Waals surface area contributed by atoms with E-state index in [1.807, 2.05) is 72.7 Å². The van der Waals surface area contributed by atoms with Gasteiger partial charge in [0.25, 0.3) is 0 Å². The van der Waals surface area contributed by atoms with Crippen molar-refractivity contribution in [1.29, 1.82) is 0 Å². The highest BCUT2D eigenvalue weighted by Gasteiger charge is 2.30. The molecule has 0 spiro atoms. The van der Waals surface area contributed by atoms with Gasteiger partial charge in [0.2, 0.25) is 5.91 Å². The summed E-state index contributed by atoms with van der Waals surface area (Å²) < 4.78 is 1.89. The van der Waals surface area contributed by atoms with Crippen molar-refractivity contribution in [2.24, 2.45) is 5.92 Å². The Morgan fingerprint density at radius 2 is 1.78 bits per heavy atom. The van der Waals surface area contributed by atoms with E-state index in [4.69, 9.17) is 0 Å². The highest BCUT2D eigenvalue weighted by molar-refractivity contribution is 5.90. The van der Waals surface area contributed by atoms with Gasteiger partial charge in [-0.05, 0) is 30.5 Å². The van der Waals surface area contributed by atoms with Crippen LogP contribution in [0.4, 0.5) is 10.5 Å². The highest BCUT2D eigenvalue weighted by Crippen LogP contribution is 2.20. The molecule has 1 atom stereocenters. The third-order valence-electron chi connectivity index (χ3n) is 5.75. The van der Waals surface area contributed by atoms with Crippen molar-refractivity contribution in [3.63, 3.8) is 0 Å². The third-order valence-corrected chi connectivity index (χ3v) is 5.75. The number of aromatic nitrogens is 2. The highest BCUT2D eigenvalue weighted by atomic mass is 16.2. The number of amides is 3. The summed E-state index contributed by atoms with van der Waals surface area (Å²) in [7, 11) is 1.82. The molecule has 1 aliphatic heterocycles. The molecule has 2 aromatic carbocycles. The molecule has 2 heterocycles. The number of nitrogens with one attached hydrogen (secondary N) is 1. The normalized spacial score (nSPS) is 15.9. The zero-order chi connectivity index (χ0) is 22.3. The number of urea groups is 1. The second-order valence-corrected chi connectivity index (χ2v) is 8.31. The lowest BCUT2D eigenvalue weighted by Gasteiger charge is -2.34. The number of hydrogen-bond donors (Lipinski definition) is 1. The first-order valence-electron chi connectivity index (χ1n) is 11.0. The van der Waals surface area contributed by atoms with Gasteiger partial charge in [-0.15, -0.1) is 0 Å². The molecule has 3 aromatic rings. The van der Waals surface area contributed by atoms with Gasteiger partial charge < -0.3 is 15.1 Å². The van der Waals surface area contributed by atoms with Crippen LogP contribution in [0.25, 0.3) is 0 Å².